The lowest BCUT2D eigenvalue weighted by atomic mass is 9.56. The standard InChI is InChI=1S/C11H20IN/c1-8-3-11(4-8)5-9(2)13-10(6-11)7-12/h8-10,13H,3-7H2,1-2H3. The number of rotatable bonds is 1. The highest BCUT2D eigenvalue weighted by Crippen LogP contribution is 2.53. The molecule has 2 atom stereocenters. The van der Waals surface area contributed by atoms with E-state index >= 15 is 0 Å². The average Bonchev–Trinajstić information content (AvgIpc) is 2.00. The van der Waals surface area contributed by atoms with Gasteiger partial charge in [0, 0.05) is 16.5 Å². The van der Waals surface area contributed by atoms with E-state index in [4.69, 9.17) is 0 Å². The van der Waals surface area contributed by atoms with Crippen LogP contribution in [0.5, 0.6) is 0 Å². The largest absolute Gasteiger partial charge is 0.311 e. The van der Waals surface area contributed by atoms with Gasteiger partial charge < -0.3 is 5.32 Å². The number of alkyl halides is 1. The van der Waals surface area contributed by atoms with Gasteiger partial charge in [0.25, 0.3) is 0 Å². The molecule has 2 rings (SSSR count). The van der Waals surface area contributed by atoms with Crippen LogP contribution in [0.2, 0.25) is 0 Å². The zero-order valence-electron chi connectivity index (χ0n) is 8.65. The molecule has 0 bridgehead atoms. The van der Waals surface area contributed by atoms with E-state index < -0.39 is 0 Å². The van der Waals surface area contributed by atoms with Crippen molar-refractivity contribution in [2.75, 3.05) is 4.43 Å². The molecule has 1 N–H and O–H groups in total. The highest BCUT2D eigenvalue weighted by atomic mass is 127. The Morgan fingerprint density at radius 3 is 2.46 bits per heavy atom. The Balaban J connectivity index is 1.97. The topological polar surface area (TPSA) is 12.0 Å². The van der Waals surface area contributed by atoms with Crippen LogP contribution < -0.4 is 5.32 Å². The Labute approximate surface area is 95.2 Å². The van der Waals surface area contributed by atoms with Crippen molar-refractivity contribution in [2.45, 2.75) is 51.6 Å². The zero-order valence-corrected chi connectivity index (χ0v) is 10.8. The number of piperidine rings is 1. The van der Waals surface area contributed by atoms with Gasteiger partial charge in [-0.25, -0.2) is 0 Å². The van der Waals surface area contributed by atoms with Crippen LogP contribution in [-0.4, -0.2) is 16.5 Å². The van der Waals surface area contributed by atoms with E-state index in [-0.39, 0.29) is 0 Å². The van der Waals surface area contributed by atoms with Crippen molar-refractivity contribution in [3.63, 3.8) is 0 Å². The van der Waals surface area contributed by atoms with Crippen LogP contribution in [0.1, 0.15) is 39.5 Å². The van der Waals surface area contributed by atoms with Crippen LogP contribution in [-0.2, 0) is 0 Å². The Hall–Kier alpha value is 0.690. The average molecular weight is 293 g/mol. The molecule has 0 radical (unpaired) electrons. The lowest BCUT2D eigenvalue weighted by molar-refractivity contribution is 0.00352. The van der Waals surface area contributed by atoms with Crippen molar-refractivity contribution in [3.05, 3.63) is 0 Å². The Morgan fingerprint density at radius 2 is 1.92 bits per heavy atom. The number of halogens is 1. The van der Waals surface area contributed by atoms with Crippen molar-refractivity contribution in [3.8, 4) is 0 Å². The summed E-state index contributed by atoms with van der Waals surface area (Å²) in [6, 6.07) is 1.54. The molecule has 1 heterocycles. The Bertz CT molecular complexity index is 187. The molecule has 1 saturated heterocycles. The molecule has 1 aliphatic carbocycles. The van der Waals surface area contributed by atoms with Gasteiger partial charge >= 0.3 is 0 Å². The van der Waals surface area contributed by atoms with Gasteiger partial charge in [0.1, 0.15) is 0 Å². The molecule has 0 aromatic heterocycles. The summed E-state index contributed by atoms with van der Waals surface area (Å²) in [5.41, 5.74) is 0.750. The molecule has 2 aliphatic rings. The summed E-state index contributed by atoms with van der Waals surface area (Å²) in [6.45, 7) is 4.75. The summed E-state index contributed by atoms with van der Waals surface area (Å²) >= 11 is 2.52. The second-order valence-electron chi connectivity index (χ2n) is 5.34. The minimum Gasteiger partial charge on any atom is -0.311 e. The second-order valence-corrected chi connectivity index (χ2v) is 6.22. The predicted octanol–water partition coefficient (Wildman–Crippen LogP) is 2.98. The third kappa shape index (κ3) is 2.04. The summed E-state index contributed by atoms with van der Waals surface area (Å²) in [7, 11) is 0. The molecule has 1 aliphatic heterocycles. The summed E-state index contributed by atoms with van der Waals surface area (Å²) in [6.07, 6.45) is 5.84. The van der Waals surface area contributed by atoms with Gasteiger partial charge in [-0.15, -0.1) is 0 Å². The lowest BCUT2D eigenvalue weighted by Gasteiger charge is -2.53. The molecule has 1 spiro atoms. The summed E-state index contributed by atoms with van der Waals surface area (Å²) in [5, 5.41) is 3.70. The van der Waals surface area contributed by atoms with Crippen molar-refractivity contribution in [2.24, 2.45) is 11.3 Å². The third-order valence-electron chi connectivity index (χ3n) is 3.69. The number of hydrogen-bond donors (Lipinski definition) is 1. The van der Waals surface area contributed by atoms with Crippen LogP contribution >= 0.6 is 22.6 Å². The van der Waals surface area contributed by atoms with Gasteiger partial charge in [0.15, 0.2) is 0 Å². The molecule has 13 heavy (non-hydrogen) atoms. The van der Waals surface area contributed by atoms with E-state index in [1.807, 2.05) is 0 Å². The third-order valence-corrected chi connectivity index (χ3v) is 4.75. The van der Waals surface area contributed by atoms with Crippen LogP contribution in [0.3, 0.4) is 0 Å². The van der Waals surface area contributed by atoms with Crippen molar-refractivity contribution < 1.29 is 0 Å². The van der Waals surface area contributed by atoms with E-state index in [9.17, 15) is 0 Å². The molecule has 1 saturated carbocycles. The molecular formula is C11H20IN. The van der Waals surface area contributed by atoms with Gasteiger partial charge in [-0.2, -0.15) is 0 Å². The lowest BCUT2D eigenvalue weighted by Crippen LogP contribution is -2.53. The second kappa shape index (κ2) is 3.69. The fourth-order valence-electron chi connectivity index (χ4n) is 3.63. The van der Waals surface area contributed by atoms with Crippen LogP contribution in [0.25, 0.3) is 0 Å². The molecule has 0 aromatic carbocycles. The quantitative estimate of drug-likeness (QED) is 0.579. The first-order valence-electron chi connectivity index (χ1n) is 5.45. The minimum absolute atomic E-state index is 0.750. The first-order chi connectivity index (χ1) is 6.13. The van der Waals surface area contributed by atoms with E-state index in [2.05, 4.69) is 41.8 Å². The van der Waals surface area contributed by atoms with Crippen LogP contribution in [0.4, 0.5) is 0 Å². The molecule has 2 fully saturated rings. The van der Waals surface area contributed by atoms with Crippen molar-refractivity contribution in [1.82, 2.24) is 5.32 Å². The first kappa shape index (κ1) is 10.2. The smallest absolute Gasteiger partial charge is 0.0164 e. The highest BCUT2D eigenvalue weighted by molar-refractivity contribution is 14.1. The molecule has 0 aromatic rings. The normalized spacial score (nSPS) is 50.5. The predicted molar refractivity (Wildman–Crippen MR) is 65.3 cm³/mol. The molecule has 76 valence electrons. The van der Waals surface area contributed by atoms with Gasteiger partial charge in [-0.3, -0.25) is 0 Å². The van der Waals surface area contributed by atoms with Gasteiger partial charge in [-0.05, 0) is 43.9 Å². The van der Waals surface area contributed by atoms with E-state index in [0.29, 0.717) is 0 Å². The van der Waals surface area contributed by atoms with Gasteiger partial charge in [0.05, 0.1) is 0 Å². The van der Waals surface area contributed by atoms with E-state index in [0.717, 1.165) is 23.4 Å². The Morgan fingerprint density at radius 1 is 1.23 bits per heavy atom. The number of hydrogen-bond acceptors (Lipinski definition) is 1. The molecule has 2 heteroatoms. The van der Waals surface area contributed by atoms with Gasteiger partial charge in [-0.1, -0.05) is 29.5 Å². The molecular weight excluding hydrogens is 273 g/mol. The Kier molecular flexibility index (Phi) is 2.90. The summed E-state index contributed by atoms with van der Waals surface area (Å²) in [5.74, 6) is 1.00. The summed E-state index contributed by atoms with van der Waals surface area (Å²) in [4.78, 5) is 0. The zero-order chi connectivity index (χ0) is 9.47. The van der Waals surface area contributed by atoms with Crippen LogP contribution in [0.15, 0.2) is 0 Å². The highest BCUT2D eigenvalue weighted by Gasteiger charge is 2.46. The first-order valence-corrected chi connectivity index (χ1v) is 6.98. The fraction of sp³-hybridized carbons (Fsp3) is 1.00. The summed E-state index contributed by atoms with van der Waals surface area (Å²) < 4.78 is 1.28. The van der Waals surface area contributed by atoms with Crippen molar-refractivity contribution in [1.29, 1.82) is 0 Å². The van der Waals surface area contributed by atoms with Gasteiger partial charge in [0.2, 0.25) is 0 Å². The maximum Gasteiger partial charge on any atom is 0.0164 e. The van der Waals surface area contributed by atoms with Crippen molar-refractivity contribution >= 4 is 22.6 Å². The van der Waals surface area contributed by atoms with E-state index in [1.165, 1.54) is 30.1 Å². The maximum absolute atomic E-state index is 3.70. The maximum atomic E-state index is 3.70. The molecule has 0 amide bonds. The molecule has 1 nitrogen and oxygen atoms in total. The number of nitrogens with one attached hydrogen (secondary N) is 1. The fourth-order valence-corrected chi connectivity index (χ4v) is 4.19. The minimum atomic E-state index is 0.750. The van der Waals surface area contributed by atoms with E-state index in [1.54, 1.807) is 0 Å². The van der Waals surface area contributed by atoms with Crippen LogP contribution in [0, 0.1) is 11.3 Å². The SMILES string of the molecule is CC1CC2(C1)CC(C)NC(CI)C2. The monoisotopic (exact) mass is 293 g/mol. The molecule has 2 unspecified atom stereocenters.